The zero-order valence-electron chi connectivity index (χ0n) is 10.9. The Kier molecular flexibility index (Phi) is 3.68. The molecule has 0 saturated heterocycles. The van der Waals surface area contributed by atoms with Gasteiger partial charge in [0.2, 0.25) is 0 Å². The van der Waals surface area contributed by atoms with E-state index < -0.39 is 0 Å². The van der Waals surface area contributed by atoms with Crippen LogP contribution >= 0.6 is 0 Å². The van der Waals surface area contributed by atoms with Gasteiger partial charge in [0.15, 0.2) is 0 Å². The fourth-order valence-electron chi connectivity index (χ4n) is 1.68. The predicted octanol–water partition coefficient (Wildman–Crippen LogP) is 1.21. The molecule has 2 rings (SSSR count). The second kappa shape index (κ2) is 5.07. The average Bonchev–Trinajstić information content (AvgIpc) is 3.22. The monoisotopic (exact) mass is 251 g/mol. The third-order valence-electron chi connectivity index (χ3n) is 3.39. The van der Waals surface area contributed by atoms with Gasteiger partial charge in [0.05, 0.1) is 12.1 Å². The number of rotatable bonds is 6. The molecule has 1 aliphatic rings. The molecule has 0 aliphatic heterocycles. The predicted molar refractivity (Wildman–Crippen MR) is 71.2 cm³/mol. The fourth-order valence-corrected chi connectivity index (χ4v) is 1.68. The molecule has 5 N–H and O–H groups in total. The van der Waals surface area contributed by atoms with Gasteiger partial charge in [-0.25, -0.2) is 15.8 Å². The number of aromatic nitrogens is 2. The van der Waals surface area contributed by atoms with Crippen molar-refractivity contribution in [3.8, 4) is 0 Å². The van der Waals surface area contributed by atoms with E-state index in [9.17, 15) is 5.11 Å². The Bertz CT molecular complexity index is 415. The first-order valence-corrected chi connectivity index (χ1v) is 6.35. The molecular formula is C12H21N5O. The number of aliphatic hydroxyl groups excluding tert-OH is 1. The third-order valence-corrected chi connectivity index (χ3v) is 3.39. The number of nitrogens with zero attached hydrogens (tertiary/aromatic N) is 2. The lowest BCUT2D eigenvalue weighted by atomic mass is 10.0. The average molecular weight is 251 g/mol. The number of nitrogens with one attached hydrogen (secondary N) is 2. The van der Waals surface area contributed by atoms with Gasteiger partial charge in [0.1, 0.15) is 17.5 Å². The van der Waals surface area contributed by atoms with Crippen molar-refractivity contribution in [2.24, 2.45) is 5.84 Å². The van der Waals surface area contributed by atoms with Crippen LogP contribution in [0.4, 0.5) is 11.6 Å². The van der Waals surface area contributed by atoms with E-state index in [1.807, 2.05) is 13.8 Å². The van der Waals surface area contributed by atoms with Gasteiger partial charge in [-0.3, -0.25) is 0 Å². The van der Waals surface area contributed by atoms with Crippen LogP contribution in [0.15, 0.2) is 6.07 Å². The Morgan fingerprint density at radius 3 is 2.61 bits per heavy atom. The second-order valence-electron chi connectivity index (χ2n) is 5.11. The molecular weight excluding hydrogens is 230 g/mol. The zero-order valence-corrected chi connectivity index (χ0v) is 10.9. The molecule has 1 heterocycles. The summed E-state index contributed by atoms with van der Waals surface area (Å²) >= 11 is 0. The van der Waals surface area contributed by atoms with Gasteiger partial charge in [-0.2, -0.15) is 0 Å². The van der Waals surface area contributed by atoms with Crippen LogP contribution in [-0.2, 0) is 0 Å². The van der Waals surface area contributed by atoms with Crippen LogP contribution in [0.25, 0.3) is 0 Å². The standard InChI is InChI=1S/C12H21N5O/c1-3-12(2,7-18)16-9-6-10(17-13)15-11(14-9)8-4-5-8/h6,8,18H,3-5,7,13H2,1-2H3,(H2,14,15,16,17). The van der Waals surface area contributed by atoms with Crippen molar-refractivity contribution in [3.05, 3.63) is 11.9 Å². The molecule has 18 heavy (non-hydrogen) atoms. The highest BCUT2D eigenvalue weighted by atomic mass is 16.3. The summed E-state index contributed by atoms with van der Waals surface area (Å²) in [4.78, 5) is 8.84. The van der Waals surface area contributed by atoms with Gasteiger partial charge in [-0.1, -0.05) is 6.92 Å². The quantitative estimate of drug-likeness (QED) is 0.448. The van der Waals surface area contributed by atoms with E-state index in [-0.39, 0.29) is 12.1 Å². The van der Waals surface area contributed by atoms with E-state index in [0.717, 1.165) is 25.1 Å². The molecule has 1 unspecified atom stereocenters. The summed E-state index contributed by atoms with van der Waals surface area (Å²) in [5.74, 6) is 8.01. The molecule has 0 radical (unpaired) electrons. The Morgan fingerprint density at radius 1 is 1.44 bits per heavy atom. The smallest absolute Gasteiger partial charge is 0.145 e. The van der Waals surface area contributed by atoms with Crippen molar-refractivity contribution >= 4 is 11.6 Å². The molecule has 1 aromatic heterocycles. The van der Waals surface area contributed by atoms with E-state index in [4.69, 9.17) is 5.84 Å². The summed E-state index contributed by atoms with van der Waals surface area (Å²) in [7, 11) is 0. The van der Waals surface area contributed by atoms with E-state index >= 15 is 0 Å². The van der Waals surface area contributed by atoms with Crippen molar-refractivity contribution in [2.75, 3.05) is 17.3 Å². The molecule has 0 aromatic carbocycles. The third kappa shape index (κ3) is 2.88. The number of aliphatic hydroxyl groups is 1. The SMILES string of the molecule is CCC(C)(CO)Nc1cc(NN)nc(C2CC2)n1. The van der Waals surface area contributed by atoms with Gasteiger partial charge in [-0.15, -0.1) is 0 Å². The first-order chi connectivity index (χ1) is 8.60. The Morgan fingerprint density at radius 2 is 2.11 bits per heavy atom. The van der Waals surface area contributed by atoms with Crippen LogP contribution in [0.5, 0.6) is 0 Å². The van der Waals surface area contributed by atoms with Gasteiger partial charge in [0, 0.05) is 12.0 Å². The molecule has 0 spiro atoms. The number of anilines is 2. The van der Waals surface area contributed by atoms with Gasteiger partial charge >= 0.3 is 0 Å². The van der Waals surface area contributed by atoms with E-state index in [1.54, 1.807) is 6.07 Å². The maximum absolute atomic E-state index is 9.42. The van der Waals surface area contributed by atoms with E-state index in [1.165, 1.54) is 0 Å². The Hall–Kier alpha value is -1.40. The molecule has 1 saturated carbocycles. The summed E-state index contributed by atoms with van der Waals surface area (Å²) in [6.45, 7) is 4.04. The minimum absolute atomic E-state index is 0.0532. The first kappa shape index (κ1) is 13.0. The van der Waals surface area contributed by atoms with Crippen LogP contribution in [0.2, 0.25) is 0 Å². The minimum atomic E-state index is -0.374. The maximum Gasteiger partial charge on any atom is 0.145 e. The second-order valence-corrected chi connectivity index (χ2v) is 5.11. The maximum atomic E-state index is 9.42. The largest absolute Gasteiger partial charge is 0.394 e. The summed E-state index contributed by atoms with van der Waals surface area (Å²) in [6.07, 6.45) is 3.08. The molecule has 0 bridgehead atoms. The highest BCUT2D eigenvalue weighted by Gasteiger charge is 2.28. The van der Waals surface area contributed by atoms with Crippen LogP contribution in [0.1, 0.15) is 44.9 Å². The molecule has 1 fully saturated rings. The van der Waals surface area contributed by atoms with Crippen LogP contribution in [0.3, 0.4) is 0 Å². The number of hydrogen-bond donors (Lipinski definition) is 4. The fraction of sp³-hybridized carbons (Fsp3) is 0.667. The molecule has 6 heteroatoms. The lowest BCUT2D eigenvalue weighted by molar-refractivity contribution is 0.218. The molecule has 6 nitrogen and oxygen atoms in total. The highest BCUT2D eigenvalue weighted by Crippen LogP contribution is 2.39. The van der Waals surface area contributed by atoms with E-state index in [0.29, 0.717) is 17.6 Å². The lowest BCUT2D eigenvalue weighted by Gasteiger charge is -2.28. The van der Waals surface area contributed by atoms with Crippen LogP contribution in [0, 0.1) is 0 Å². The molecule has 100 valence electrons. The van der Waals surface area contributed by atoms with Gasteiger partial charge in [-0.05, 0) is 26.2 Å². The molecule has 1 aliphatic carbocycles. The van der Waals surface area contributed by atoms with Crippen LogP contribution < -0.4 is 16.6 Å². The van der Waals surface area contributed by atoms with Crippen molar-refractivity contribution in [1.29, 1.82) is 0 Å². The lowest BCUT2D eigenvalue weighted by Crippen LogP contribution is -2.38. The van der Waals surface area contributed by atoms with Crippen LogP contribution in [-0.4, -0.2) is 27.2 Å². The van der Waals surface area contributed by atoms with E-state index in [2.05, 4.69) is 20.7 Å². The number of hydrazine groups is 1. The molecule has 1 aromatic rings. The number of nitrogen functional groups attached to an aromatic ring is 1. The zero-order chi connectivity index (χ0) is 13.2. The van der Waals surface area contributed by atoms with Gasteiger partial charge in [0.25, 0.3) is 0 Å². The molecule has 1 atom stereocenters. The summed E-state index contributed by atoms with van der Waals surface area (Å²) in [5, 5.41) is 12.7. The number of hydrogen-bond acceptors (Lipinski definition) is 6. The summed E-state index contributed by atoms with van der Waals surface area (Å²) < 4.78 is 0. The minimum Gasteiger partial charge on any atom is -0.394 e. The van der Waals surface area contributed by atoms with Crippen molar-refractivity contribution in [3.63, 3.8) is 0 Å². The number of nitrogens with two attached hydrogens (primary N) is 1. The normalized spacial score (nSPS) is 18.2. The summed E-state index contributed by atoms with van der Waals surface area (Å²) in [6, 6.07) is 1.76. The molecule has 0 amide bonds. The Labute approximate surface area is 107 Å². The summed E-state index contributed by atoms with van der Waals surface area (Å²) in [5.41, 5.74) is 2.18. The Balaban J connectivity index is 2.23. The van der Waals surface area contributed by atoms with Crippen molar-refractivity contribution in [2.45, 2.75) is 44.6 Å². The van der Waals surface area contributed by atoms with Gasteiger partial charge < -0.3 is 15.8 Å². The first-order valence-electron chi connectivity index (χ1n) is 6.35. The highest BCUT2D eigenvalue weighted by molar-refractivity contribution is 5.49. The topological polar surface area (TPSA) is 96.1 Å². The van der Waals surface area contributed by atoms with Crippen molar-refractivity contribution in [1.82, 2.24) is 9.97 Å². The van der Waals surface area contributed by atoms with Crippen molar-refractivity contribution < 1.29 is 5.11 Å².